The number of benzene rings is 2. The molecular formula is C26H32N4O8. The zero-order chi connectivity index (χ0) is 27.8. The molecule has 1 fully saturated rings. The van der Waals surface area contributed by atoms with Crippen LogP contribution in [0.4, 0.5) is 0 Å². The van der Waals surface area contributed by atoms with Gasteiger partial charge in [-0.1, -0.05) is 24.3 Å². The third kappa shape index (κ3) is 7.43. The maximum absolute atomic E-state index is 13.2. The minimum atomic E-state index is -1.41. The normalized spacial score (nSPS) is 17.3. The van der Waals surface area contributed by atoms with Crippen LogP contribution in [0.25, 0.3) is 0 Å². The van der Waals surface area contributed by atoms with Crippen molar-refractivity contribution in [3.05, 3.63) is 59.7 Å². The van der Waals surface area contributed by atoms with Gasteiger partial charge in [0.2, 0.25) is 17.7 Å². The van der Waals surface area contributed by atoms with Crippen LogP contribution in [0.1, 0.15) is 24.0 Å². The SMILES string of the molecule is NC(Cc1ccc(O)cc1)C(=O)NC(Cc1ccc(O)cc1)C(=O)NC(CO)C(=O)N1CCCC1C(=O)O. The molecule has 204 valence electrons. The van der Waals surface area contributed by atoms with Gasteiger partial charge in [0.05, 0.1) is 12.6 Å². The first-order valence-electron chi connectivity index (χ1n) is 12.1. The predicted octanol–water partition coefficient (Wildman–Crippen LogP) is -0.752. The first kappa shape index (κ1) is 28.4. The van der Waals surface area contributed by atoms with Crippen molar-refractivity contribution in [2.24, 2.45) is 5.73 Å². The molecule has 0 spiro atoms. The second-order valence-electron chi connectivity index (χ2n) is 9.18. The second-order valence-corrected chi connectivity index (χ2v) is 9.18. The lowest BCUT2D eigenvalue weighted by atomic mass is 10.0. The number of aliphatic carboxylic acids is 1. The number of carboxylic acid groups (broad SMARTS) is 1. The zero-order valence-electron chi connectivity index (χ0n) is 20.6. The molecule has 38 heavy (non-hydrogen) atoms. The molecule has 4 atom stereocenters. The molecule has 8 N–H and O–H groups in total. The second kappa shape index (κ2) is 12.9. The highest BCUT2D eigenvalue weighted by atomic mass is 16.4. The van der Waals surface area contributed by atoms with Crippen LogP contribution in [0.15, 0.2) is 48.5 Å². The van der Waals surface area contributed by atoms with Crippen LogP contribution >= 0.6 is 0 Å². The highest BCUT2D eigenvalue weighted by molar-refractivity contribution is 5.94. The largest absolute Gasteiger partial charge is 0.508 e. The average Bonchev–Trinajstić information content (AvgIpc) is 3.39. The van der Waals surface area contributed by atoms with E-state index in [0.29, 0.717) is 17.5 Å². The molecule has 2 aromatic rings. The first-order valence-corrected chi connectivity index (χ1v) is 12.1. The Morgan fingerprint density at radius 3 is 1.92 bits per heavy atom. The van der Waals surface area contributed by atoms with E-state index in [0.717, 1.165) is 4.90 Å². The number of carbonyl (C=O) groups excluding carboxylic acids is 3. The van der Waals surface area contributed by atoms with Crippen molar-refractivity contribution in [3.8, 4) is 11.5 Å². The Labute approximate surface area is 219 Å². The number of phenols is 2. The van der Waals surface area contributed by atoms with E-state index in [1.165, 1.54) is 24.3 Å². The van der Waals surface area contributed by atoms with E-state index >= 15 is 0 Å². The van der Waals surface area contributed by atoms with Crippen molar-refractivity contribution < 1.29 is 39.6 Å². The molecule has 1 aliphatic heterocycles. The molecule has 3 rings (SSSR count). The van der Waals surface area contributed by atoms with Gasteiger partial charge in [0.25, 0.3) is 0 Å². The first-order chi connectivity index (χ1) is 18.1. The van der Waals surface area contributed by atoms with Crippen LogP contribution in [-0.4, -0.2) is 86.3 Å². The summed E-state index contributed by atoms with van der Waals surface area (Å²) in [5.74, 6) is -3.24. The summed E-state index contributed by atoms with van der Waals surface area (Å²) in [6.07, 6.45) is 0.861. The Bertz CT molecular complexity index is 1140. The van der Waals surface area contributed by atoms with Crippen molar-refractivity contribution in [1.29, 1.82) is 0 Å². The molecule has 3 amide bonds. The van der Waals surface area contributed by atoms with E-state index in [-0.39, 0.29) is 37.3 Å². The topological polar surface area (TPSA) is 203 Å². The number of nitrogens with zero attached hydrogens (tertiary/aromatic N) is 1. The number of amides is 3. The van der Waals surface area contributed by atoms with Gasteiger partial charge in [0.1, 0.15) is 29.6 Å². The van der Waals surface area contributed by atoms with Gasteiger partial charge < -0.3 is 41.7 Å². The van der Waals surface area contributed by atoms with E-state index in [9.17, 15) is 39.6 Å². The lowest BCUT2D eigenvalue weighted by molar-refractivity contribution is -0.150. The Morgan fingerprint density at radius 1 is 0.868 bits per heavy atom. The van der Waals surface area contributed by atoms with Crippen molar-refractivity contribution in [2.45, 2.75) is 49.9 Å². The van der Waals surface area contributed by atoms with Gasteiger partial charge in [-0.05, 0) is 54.7 Å². The molecule has 12 nitrogen and oxygen atoms in total. The number of carbonyl (C=O) groups is 4. The summed E-state index contributed by atoms with van der Waals surface area (Å²) in [5, 5.41) is 43.2. The van der Waals surface area contributed by atoms with Crippen molar-refractivity contribution >= 4 is 23.7 Å². The maximum atomic E-state index is 13.2. The smallest absolute Gasteiger partial charge is 0.326 e. The van der Waals surface area contributed by atoms with Crippen LogP contribution in [0, 0.1) is 0 Å². The summed E-state index contributed by atoms with van der Waals surface area (Å²) in [6.45, 7) is -0.588. The monoisotopic (exact) mass is 528 g/mol. The summed E-state index contributed by atoms with van der Waals surface area (Å²) < 4.78 is 0. The number of aromatic hydroxyl groups is 2. The number of hydrogen-bond acceptors (Lipinski definition) is 8. The van der Waals surface area contributed by atoms with Crippen LogP contribution in [0.2, 0.25) is 0 Å². The minimum absolute atomic E-state index is 0.0132. The average molecular weight is 529 g/mol. The molecule has 0 radical (unpaired) electrons. The fourth-order valence-corrected chi connectivity index (χ4v) is 4.28. The summed E-state index contributed by atoms with van der Waals surface area (Å²) in [7, 11) is 0. The summed E-state index contributed by atoms with van der Waals surface area (Å²) in [4.78, 5) is 51.7. The fraction of sp³-hybridized carbons (Fsp3) is 0.385. The van der Waals surface area contributed by atoms with E-state index in [4.69, 9.17) is 5.73 Å². The highest BCUT2D eigenvalue weighted by Gasteiger charge is 2.38. The number of phenolic OH excluding ortho intramolecular Hbond substituents is 2. The Kier molecular flexibility index (Phi) is 9.63. The number of nitrogens with two attached hydrogens (primary N) is 1. The minimum Gasteiger partial charge on any atom is -0.508 e. The Balaban J connectivity index is 1.74. The maximum Gasteiger partial charge on any atom is 0.326 e. The van der Waals surface area contributed by atoms with Crippen LogP contribution in [0.5, 0.6) is 11.5 Å². The molecule has 1 aliphatic rings. The van der Waals surface area contributed by atoms with Gasteiger partial charge in [-0.3, -0.25) is 14.4 Å². The lowest BCUT2D eigenvalue weighted by Gasteiger charge is -2.28. The predicted molar refractivity (Wildman–Crippen MR) is 135 cm³/mol. The van der Waals surface area contributed by atoms with Crippen molar-refractivity contribution in [3.63, 3.8) is 0 Å². The number of nitrogens with one attached hydrogen (secondary N) is 2. The standard InChI is InChI=1S/C26H32N4O8/c27-19(12-15-3-7-17(32)8-4-15)23(34)28-20(13-16-5-9-18(33)10-6-16)24(35)29-21(14-31)25(36)30-11-1-2-22(30)26(37)38/h3-10,19-22,31-33H,1-2,11-14,27H2,(H,28,34)(H,29,35)(H,37,38). The third-order valence-corrected chi connectivity index (χ3v) is 6.36. The van der Waals surface area contributed by atoms with Crippen molar-refractivity contribution in [1.82, 2.24) is 15.5 Å². The number of aliphatic hydroxyl groups excluding tert-OH is 1. The molecule has 0 bridgehead atoms. The summed E-state index contributed by atoms with van der Waals surface area (Å²) in [5.41, 5.74) is 7.34. The number of hydrogen-bond donors (Lipinski definition) is 7. The molecule has 0 saturated carbocycles. The summed E-state index contributed by atoms with van der Waals surface area (Å²) >= 11 is 0. The van der Waals surface area contributed by atoms with Gasteiger partial charge in [-0.2, -0.15) is 0 Å². The van der Waals surface area contributed by atoms with Crippen molar-refractivity contribution in [2.75, 3.05) is 13.2 Å². The Hall–Kier alpha value is -4.16. The number of likely N-dealkylation sites (tertiary alicyclic amines) is 1. The highest BCUT2D eigenvalue weighted by Crippen LogP contribution is 2.19. The molecular weight excluding hydrogens is 496 g/mol. The molecule has 2 aromatic carbocycles. The van der Waals surface area contributed by atoms with E-state index in [1.54, 1.807) is 24.3 Å². The van der Waals surface area contributed by atoms with Crippen LogP contribution in [0.3, 0.4) is 0 Å². The molecule has 0 aromatic heterocycles. The third-order valence-electron chi connectivity index (χ3n) is 6.36. The van der Waals surface area contributed by atoms with Gasteiger partial charge in [-0.15, -0.1) is 0 Å². The van der Waals surface area contributed by atoms with Gasteiger partial charge in [0, 0.05) is 13.0 Å². The summed E-state index contributed by atoms with van der Waals surface area (Å²) in [6, 6.07) is 7.43. The van der Waals surface area contributed by atoms with Gasteiger partial charge in [0.15, 0.2) is 0 Å². The Morgan fingerprint density at radius 2 is 1.39 bits per heavy atom. The molecule has 12 heteroatoms. The number of aliphatic hydroxyl groups is 1. The van der Waals surface area contributed by atoms with Gasteiger partial charge in [-0.25, -0.2) is 4.79 Å². The van der Waals surface area contributed by atoms with Crippen LogP contribution < -0.4 is 16.4 Å². The molecule has 0 aliphatic carbocycles. The zero-order valence-corrected chi connectivity index (χ0v) is 20.6. The molecule has 1 saturated heterocycles. The lowest BCUT2D eigenvalue weighted by Crippen LogP contribution is -2.58. The van der Waals surface area contributed by atoms with E-state index in [1.807, 2.05) is 0 Å². The van der Waals surface area contributed by atoms with Gasteiger partial charge >= 0.3 is 5.97 Å². The van der Waals surface area contributed by atoms with E-state index < -0.39 is 54.5 Å². The molecule has 4 unspecified atom stereocenters. The molecule has 1 heterocycles. The quantitative estimate of drug-likeness (QED) is 0.196. The number of carboxylic acids is 1. The number of rotatable bonds is 11. The fourth-order valence-electron chi connectivity index (χ4n) is 4.28. The van der Waals surface area contributed by atoms with Crippen LogP contribution in [-0.2, 0) is 32.0 Å². The van der Waals surface area contributed by atoms with E-state index in [2.05, 4.69) is 10.6 Å².